The first-order valence-corrected chi connectivity index (χ1v) is 8.23. The van der Waals surface area contributed by atoms with Gasteiger partial charge in [0.2, 0.25) is 5.88 Å². The van der Waals surface area contributed by atoms with Crippen LogP contribution in [0.2, 0.25) is 0 Å². The lowest BCUT2D eigenvalue weighted by Crippen LogP contribution is -2.39. The molecule has 0 aliphatic heterocycles. The summed E-state index contributed by atoms with van der Waals surface area (Å²) in [4.78, 5) is 8.03. The van der Waals surface area contributed by atoms with Gasteiger partial charge < -0.3 is 20.1 Å². The van der Waals surface area contributed by atoms with Gasteiger partial charge in [-0.3, -0.25) is 4.99 Å². The van der Waals surface area contributed by atoms with Crippen LogP contribution in [0.1, 0.15) is 25.8 Å². The van der Waals surface area contributed by atoms with E-state index in [0.717, 1.165) is 25.2 Å². The van der Waals surface area contributed by atoms with Crippen molar-refractivity contribution in [2.75, 3.05) is 39.5 Å². The van der Waals surface area contributed by atoms with E-state index in [-0.39, 0.29) is 12.5 Å². The maximum atomic E-state index is 12.4. The van der Waals surface area contributed by atoms with E-state index in [9.17, 15) is 13.2 Å². The molecule has 0 radical (unpaired) electrons. The van der Waals surface area contributed by atoms with E-state index >= 15 is 0 Å². The smallest absolute Gasteiger partial charge is 0.417 e. The second-order valence-corrected chi connectivity index (χ2v) is 4.97. The Labute approximate surface area is 145 Å². The van der Waals surface area contributed by atoms with Gasteiger partial charge in [0.1, 0.15) is 6.61 Å². The van der Waals surface area contributed by atoms with Gasteiger partial charge in [0.05, 0.1) is 12.1 Å². The number of pyridine rings is 1. The van der Waals surface area contributed by atoms with Crippen LogP contribution in [0, 0.1) is 0 Å². The zero-order chi connectivity index (χ0) is 18.5. The van der Waals surface area contributed by atoms with Crippen molar-refractivity contribution in [3.8, 4) is 5.88 Å². The molecule has 0 saturated heterocycles. The van der Waals surface area contributed by atoms with Crippen molar-refractivity contribution < 1.29 is 22.6 Å². The Balaban J connectivity index is 2.32. The highest BCUT2D eigenvalue weighted by Crippen LogP contribution is 2.29. The number of nitrogens with zero attached hydrogens (tertiary/aromatic N) is 2. The van der Waals surface area contributed by atoms with Gasteiger partial charge in [0, 0.05) is 38.6 Å². The van der Waals surface area contributed by atoms with Crippen LogP contribution in [0.4, 0.5) is 13.2 Å². The van der Waals surface area contributed by atoms with Crippen molar-refractivity contribution in [1.29, 1.82) is 0 Å². The minimum Gasteiger partial charge on any atom is -0.476 e. The number of aliphatic imine (C=N–C) groups is 1. The van der Waals surface area contributed by atoms with Gasteiger partial charge in [-0.1, -0.05) is 0 Å². The van der Waals surface area contributed by atoms with E-state index in [1.165, 1.54) is 6.07 Å². The molecule has 1 aromatic heterocycles. The summed E-state index contributed by atoms with van der Waals surface area (Å²) in [5, 5.41) is 6.18. The Hall–Kier alpha value is -2.03. The van der Waals surface area contributed by atoms with Gasteiger partial charge in [-0.15, -0.1) is 0 Å². The summed E-state index contributed by atoms with van der Waals surface area (Å²) in [5.41, 5.74) is -0.799. The maximum Gasteiger partial charge on any atom is 0.417 e. The van der Waals surface area contributed by atoms with Crippen LogP contribution in [0.15, 0.2) is 23.3 Å². The third kappa shape index (κ3) is 9.13. The van der Waals surface area contributed by atoms with Crippen molar-refractivity contribution in [2.45, 2.75) is 26.4 Å². The molecule has 2 N–H and O–H groups in total. The number of ether oxygens (including phenoxy) is 2. The number of alkyl halides is 3. The van der Waals surface area contributed by atoms with E-state index in [4.69, 9.17) is 9.47 Å². The number of guanidine groups is 1. The largest absolute Gasteiger partial charge is 0.476 e. The molecule has 9 heteroatoms. The molecule has 1 heterocycles. The van der Waals surface area contributed by atoms with Gasteiger partial charge in [-0.25, -0.2) is 4.98 Å². The molecule has 0 aromatic carbocycles. The summed E-state index contributed by atoms with van der Waals surface area (Å²) in [6.07, 6.45) is -2.81. The van der Waals surface area contributed by atoms with Crippen LogP contribution < -0.4 is 15.4 Å². The average Bonchev–Trinajstić information content (AvgIpc) is 2.58. The molecular formula is C16H25F3N4O2. The lowest BCUT2D eigenvalue weighted by Gasteiger charge is -2.12. The van der Waals surface area contributed by atoms with Gasteiger partial charge in [-0.2, -0.15) is 13.2 Å². The lowest BCUT2D eigenvalue weighted by atomic mass is 10.3. The predicted octanol–water partition coefficient (Wildman–Crippen LogP) is 2.46. The third-order valence-corrected chi connectivity index (χ3v) is 2.97. The number of aromatic nitrogens is 1. The van der Waals surface area contributed by atoms with Crippen LogP contribution in [-0.4, -0.2) is 50.4 Å². The molecule has 0 atom stereocenters. The molecule has 1 rings (SSSR count). The highest BCUT2D eigenvalue weighted by atomic mass is 19.4. The van der Waals surface area contributed by atoms with E-state index in [1.807, 2.05) is 13.8 Å². The molecule has 25 heavy (non-hydrogen) atoms. The molecule has 0 aliphatic rings. The van der Waals surface area contributed by atoms with Gasteiger partial charge >= 0.3 is 6.18 Å². The van der Waals surface area contributed by atoms with E-state index in [2.05, 4.69) is 20.6 Å². The third-order valence-electron chi connectivity index (χ3n) is 2.97. The predicted molar refractivity (Wildman–Crippen MR) is 89.8 cm³/mol. The fourth-order valence-corrected chi connectivity index (χ4v) is 1.80. The molecule has 0 aliphatic carbocycles. The zero-order valence-electron chi connectivity index (χ0n) is 14.5. The first-order valence-electron chi connectivity index (χ1n) is 8.23. The average molecular weight is 362 g/mol. The number of hydrogen-bond donors (Lipinski definition) is 2. The summed E-state index contributed by atoms with van der Waals surface area (Å²) >= 11 is 0. The quantitative estimate of drug-likeness (QED) is 0.380. The second-order valence-electron chi connectivity index (χ2n) is 4.97. The molecule has 0 fully saturated rings. The first-order chi connectivity index (χ1) is 12.0. The Morgan fingerprint density at radius 3 is 2.60 bits per heavy atom. The van der Waals surface area contributed by atoms with Crippen LogP contribution >= 0.6 is 0 Å². The van der Waals surface area contributed by atoms with Gasteiger partial charge in [0.25, 0.3) is 0 Å². The number of hydrogen-bond acceptors (Lipinski definition) is 4. The summed E-state index contributed by atoms with van der Waals surface area (Å²) in [5.74, 6) is 0.802. The fraction of sp³-hybridized carbons (Fsp3) is 0.625. The van der Waals surface area contributed by atoms with Crippen molar-refractivity contribution in [3.05, 3.63) is 23.9 Å². The second kappa shape index (κ2) is 11.5. The number of rotatable bonds is 10. The zero-order valence-corrected chi connectivity index (χ0v) is 14.5. The van der Waals surface area contributed by atoms with E-state index in [0.29, 0.717) is 32.3 Å². The molecule has 0 unspecified atom stereocenters. The minimum absolute atomic E-state index is 0.147. The molecule has 1 aromatic rings. The Bertz CT molecular complexity index is 507. The molecule has 0 spiro atoms. The number of halogens is 3. The van der Waals surface area contributed by atoms with Crippen LogP contribution in [0.25, 0.3) is 0 Å². The van der Waals surface area contributed by atoms with E-state index < -0.39 is 11.7 Å². The molecular weight excluding hydrogens is 337 g/mol. The van der Waals surface area contributed by atoms with Crippen molar-refractivity contribution >= 4 is 5.96 Å². The monoisotopic (exact) mass is 362 g/mol. The Morgan fingerprint density at radius 1 is 1.20 bits per heavy atom. The standard InChI is InChI=1S/C16H25F3N4O2/c1-3-20-15(21-8-5-10-24-4-2)22-9-11-25-14-7-6-13(12-23-14)16(17,18)19/h6-7,12H,3-5,8-11H2,1-2H3,(H2,20,21,22). The van der Waals surface area contributed by atoms with Gasteiger partial charge in [-0.05, 0) is 26.3 Å². The normalized spacial score (nSPS) is 12.1. The highest BCUT2D eigenvalue weighted by Gasteiger charge is 2.30. The topological polar surface area (TPSA) is 67.8 Å². The van der Waals surface area contributed by atoms with Gasteiger partial charge in [0.15, 0.2) is 5.96 Å². The van der Waals surface area contributed by atoms with Crippen LogP contribution in [0.3, 0.4) is 0 Å². The highest BCUT2D eigenvalue weighted by molar-refractivity contribution is 5.79. The fourth-order valence-electron chi connectivity index (χ4n) is 1.80. The minimum atomic E-state index is -4.40. The lowest BCUT2D eigenvalue weighted by molar-refractivity contribution is -0.137. The molecule has 6 nitrogen and oxygen atoms in total. The Kier molecular flexibility index (Phi) is 9.68. The molecule has 0 saturated carbocycles. The molecule has 0 bridgehead atoms. The number of nitrogens with one attached hydrogen (secondary N) is 2. The van der Waals surface area contributed by atoms with Crippen molar-refractivity contribution in [3.63, 3.8) is 0 Å². The summed E-state index contributed by atoms with van der Waals surface area (Å²) < 4.78 is 47.9. The summed E-state index contributed by atoms with van der Waals surface area (Å²) in [7, 11) is 0. The maximum absolute atomic E-state index is 12.4. The molecule has 142 valence electrons. The Morgan fingerprint density at radius 2 is 2.00 bits per heavy atom. The van der Waals surface area contributed by atoms with Crippen LogP contribution in [-0.2, 0) is 10.9 Å². The van der Waals surface area contributed by atoms with Crippen LogP contribution in [0.5, 0.6) is 5.88 Å². The molecule has 0 amide bonds. The summed E-state index contributed by atoms with van der Waals surface area (Å²) in [6.45, 7) is 7.32. The van der Waals surface area contributed by atoms with Crippen molar-refractivity contribution in [1.82, 2.24) is 15.6 Å². The SMILES string of the molecule is CCNC(=NCCCOCC)NCCOc1ccc(C(F)(F)F)cn1. The summed E-state index contributed by atoms with van der Waals surface area (Å²) in [6, 6.07) is 2.15. The van der Waals surface area contributed by atoms with E-state index in [1.54, 1.807) is 0 Å². The first kappa shape index (κ1) is 21.0. The van der Waals surface area contributed by atoms with Crippen molar-refractivity contribution in [2.24, 2.45) is 4.99 Å².